The van der Waals surface area contributed by atoms with E-state index in [4.69, 9.17) is 4.74 Å². The predicted octanol–water partition coefficient (Wildman–Crippen LogP) is 4.25. The number of hydrogen-bond acceptors (Lipinski definition) is 3. The molecule has 0 radical (unpaired) electrons. The van der Waals surface area contributed by atoms with Crippen LogP contribution in [0.3, 0.4) is 0 Å². The monoisotopic (exact) mass is 357 g/mol. The van der Waals surface area contributed by atoms with E-state index >= 15 is 0 Å². The second-order valence-corrected chi connectivity index (χ2v) is 6.22. The van der Waals surface area contributed by atoms with Crippen molar-refractivity contribution in [1.29, 1.82) is 0 Å². The van der Waals surface area contributed by atoms with Crippen molar-refractivity contribution in [3.05, 3.63) is 90.9 Å². The molecule has 134 valence electrons. The zero-order chi connectivity index (χ0) is 18.5. The van der Waals surface area contributed by atoms with Crippen LogP contribution in [0.4, 0.5) is 5.69 Å². The van der Waals surface area contributed by atoms with Gasteiger partial charge in [0.15, 0.2) is 0 Å². The van der Waals surface area contributed by atoms with Crippen LogP contribution in [-0.2, 0) is 17.9 Å². The van der Waals surface area contributed by atoms with Gasteiger partial charge in [-0.25, -0.2) is 0 Å². The minimum Gasteiger partial charge on any atom is -0.489 e. The summed E-state index contributed by atoms with van der Waals surface area (Å²) in [5.41, 5.74) is 2.81. The fraction of sp³-hybridized carbons (Fsp3) is 0.0909. The summed E-state index contributed by atoms with van der Waals surface area (Å²) in [7, 11) is 0. The Morgan fingerprint density at radius 1 is 1.00 bits per heavy atom. The fourth-order valence-electron chi connectivity index (χ4n) is 2.92. The van der Waals surface area contributed by atoms with E-state index in [-0.39, 0.29) is 12.5 Å². The van der Waals surface area contributed by atoms with Crippen LogP contribution in [0.25, 0.3) is 10.9 Å². The lowest BCUT2D eigenvalue weighted by molar-refractivity contribution is -0.116. The summed E-state index contributed by atoms with van der Waals surface area (Å²) >= 11 is 0. The summed E-state index contributed by atoms with van der Waals surface area (Å²) in [6.45, 7) is 0.740. The summed E-state index contributed by atoms with van der Waals surface area (Å²) in [5.74, 6) is 0.690. The van der Waals surface area contributed by atoms with Gasteiger partial charge in [0.05, 0.1) is 5.52 Å². The number of nitrogens with one attached hydrogen (secondary N) is 1. The number of carbonyl (C=O) groups is 1. The highest BCUT2D eigenvalue weighted by atomic mass is 16.5. The Kier molecular flexibility index (Phi) is 4.83. The topological polar surface area (TPSA) is 56.1 Å². The maximum absolute atomic E-state index is 12.3. The van der Waals surface area contributed by atoms with E-state index in [9.17, 15) is 4.79 Å². The highest BCUT2D eigenvalue weighted by Crippen LogP contribution is 2.23. The van der Waals surface area contributed by atoms with Crippen LogP contribution in [0.15, 0.2) is 85.3 Å². The van der Waals surface area contributed by atoms with Crippen molar-refractivity contribution >= 4 is 22.5 Å². The Morgan fingerprint density at radius 3 is 2.63 bits per heavy atom. The van der Waals surface area contributed by atoms with Crippen molar-refractivity contribution in [2.45, 2.75) is 13.2 Å². The first-order valence-corrected chi connectivity index (χ1v) is 8.73. The molecule has 1 N–H and O–H groups in total. The lowest BCUT2D eigenvalue weighted by Gasteiger charge is -2.09. The Labute approximate surface area is 157 Å². The third kappa shape index (κ3) is 4.15. The minimum absolute atomic E-state index is 0.0886. The number of amides is 1. The molecule has 0 fully saturated rings. The standard InChI is InChI=1S/C22H19N3O2/c26-22(24-19-8-11-23-12-9-19)15-25-13-10-18-6-7-20(14-21(18)25)27-16-17-4-2-1-3-5-17/h1-14H,15-16H2,(H,23,24,26). The molecule has 0 aliphatic heterocycles. The third-order valence-electron chi connectivity index (χ3n) is 4.27. The molecule has 2 aromatic carbocycles. The van der Waals surface area contributed by atoms with Crippen molar-refractivity contribution in [3.8, 4) is 5.75 Å². The highest BCUT2D eigenvalue weighted by Gasteiger charge is 2.08. The SMILES string of the molecule is O=C(Cn1ccc2ccc(OCc3ccccc3)cc21)Nc1ccncc1. The molecule has 0 aliphatic rings. The lowest BCUT2D eigenvalue weighted by Crippen LogP contribution is -2.18. The molecule has 4 rings (SSSR count). The second-order valence-electron chi connectivity index (χ2n) is 6.22. The van der Waals surface area contributed by atoms with Crippen LogP contribution in [-0.4, -0.2) is 15.5 Å². The molecule has 0 saturated carbocycles. The van der Waals surface area contributed by atoms with E-state index in [1.807, 2.05) is 65.4 Å². The van der Waals surface area contributed by atoms with Gasteiger partial charge in [0.1, 0.15) is 18.9 Å². The van der Waals surface area contributed by atoms with Gasteiger partial charge in [-0.2, -0.15) is 0 Å². The Hall–Kier alpha value is -3.60. The van der Waals surface area contributed by atoms with Crippen LogP contribution < -0.4 is 10.1 Å². The Balaban J connectivity index is 1.47. The largest absolute Gasteiger partial charge is 0.489 e. The van der Waals surface area contributed by atoms with Gasteiger partial charge in [0, 0.05) is 30.3 Å². The Morgan fingerprint density at radius 2 is 1.81 bits per heavy atom. The van der Waals surface area contributed by atoms with Gasteiger partial charge in [-0.1, -0.05) is 30.3 Å². The van der Waals surface area contributed by atoms with Crippen LogP contribution in [0.5, 0.6) is 5.75 Å². The predicted molar refractivity (Wildman–Crippen MR) is 106 cm³/mol. The first kappa shape index (κ1) is 16.8. The van der Waals surface area contributed by atoms with E-state index in [2.05, 4.69) is 10.3 Å². The second kappa shape index (κ2) is 7.74. The van der Waals surface area contributed by atoms with E-state index in [1.165, 1.54) is 0 Å². The highest BCUT2D eigenvalue weighted by molar-refractivity contribution is 5.92. The number of hydrogen-bond donors (Lipinski definition) is 1. The molecule has 2 aromatic heterocycles. The van der Waals surface area contributed by atoms with Gasteiger partial charge >= 0.3 is 0 Å². The van der Waals surface area contributed by atoms with Crippen molar-refractivity contribution in [1.82, 2.24) is 9.55 Å². The first-order chi connectivity index (χ1) is 13.3. The molecule has 1 amide bonds. The summed E-state index contributed by atoms with van der Waals surface area (Å²) < 4.78 is 7.82. The smallest absolute Gasteiger partial charge is 0.244 e. The number of ether oxygens (including phenoxy) is 1. The summed E-state index contributed by atoms with van der Waals surface area (Å²) in [5, 5.41) is 3.94. The van der Waals surface area contributed by atoms with Crippen molar-refractivity contribution in [3.63, 3.8) is 0 Å². The molecule has 0 unspecified atom stereocenters. The van der Waals surface area contributed by atoms with Gasteiger partial charge in [-0.05, 0) is 41.3 Å². The van der Waals surface area contributed by atoms with Gasteiger partial charge in [0.25, 0.3) is 0 Å². The van der Waals surface area contributed by atoms with E-state index in [0.29, 0.717) is 6.61 Å². The summed E-state index contributed by atoms with van der Waals surface area (Å²) in [4.78, 5) is 16.3. The van der Waals surface area contributed by atoms with Crippen molar-refractivity contribution < 1.29 is 9.53 Å². The summed E-state index contributed by atoms with van der Waals surface area (Å²) in [6.07, 6.45) is 5.21. The zero-order valence-electron chi connectivity index (χ0n) is 14.7. The Bertz CT molecular complexity index is 1040. The van der Waals surface area contributed by atoms with E-state index in [0.717, 1.165) is 27.9 Å². The first-order valence-electron chi connectivity index (χ1n) is 8.73. The van der Waals surface area contributed by atoms with E-state index < -0.39 is 0 Å². The molecule has 5 nitrogen and oxygen atoms in total. The van der Waals surface area contributed by atoms with Gasteiger partial charge in [0.2, 0.25) is 5.91 Å². The average Bonchev–Trinajstić information content (AvgIpc) is 3.10. The van der Waals surface area contributed by atoms with Crippen molar-refractivity contribution in [2.75, 3.05) is 5.32 Å². The minimum atomic E-state index is -0.0886. The van der Waals surface area contributed by atoms with Crippen LogP contribution in [0, 0.1) is 0 Å². The molecule has 27 heavy (non-hydrogen) atoms. The molecule has 5 heteroatoms. The van der Waals surface area contributed by atoms with Crippen molar-refractivity contribution in [2.24, 2.45) is 0 Å². The number of carbonyl (C=O) groups excluding carboxylic acids is 1. The maximum Gasteiger partial charge on any atom is 0.244 e. The van der Waals surface area contributed by atoms with Crippen LogP contribution >= 0.6 is 0 Å². The lowest BCUT2D eigenvalue weighted by atomic mass is 10.2. The number of fused-ring (bicyclic) bond motifs is 1. The van der Waals surface area contributed by atoms with Crippen LogP contribution in [0.2, 0.25) is 0 Å². The molecule has 4 aromatic rings. The maximum atomic E-state index is 12.3. The zero-order valence-corrected chi connectivity index (χ0v) is 14.7. The summed E-state index contributed by atoms with van der Waals surface area (Å²) in [6, 6.07) is 21.5. The number of nitrogens with zero attached hydrogens (tertiary/aromatic N) is 2. The van der Waals surface area contributed by atoms with Gasteiger partial charge < -0.3 is 14.6 Å². The van der Waals surface area contributed by atoms with Gasteiger partial charge in [-0.3, -0.25) is 9.78 Å². The number of aromatic nitrogens is 2. The van der Waals surface area contributed by atoms with Gasteiger partial charge in [-0.15, -0.1) is 0 Å². The normalized spacial score (nSPS) is 10.7. The molecule has 0 saturated heterocycles. The molecule has 2 heterocycles. The van der Waals surface area contributed by atoms with E-state index in [1.54, 1.807) is 24.5 Å². The number of pyridine rings is 1. The van der Waals surface area contributed by atoms with Crippen LogP contribution in [0.1, 0.15) is 5.56 Å². The molecule has 0 spiro atoms. The molecular weight excluding hydrogens is 338 g/mol. The fourth-order valence-corrected chi connectivity index (χ4v) is 2.92. The number of anilines is 1. The molecule has 0 aliphatic carbocycles. The molecular formula is C22H19N3O2. The average molecular weight is 357 g/mol. The molecule has 0 bridgehead atoms. The number of rotatable bonds is 6. The quantitative estimate of drug-likeness (QED) is 0.561. The third-order valence-corrected chi connectivity index (χ3v) is 4.27. The number of benzene rings is 2. The molecule has 0 atom stereocenters.